The van der Waals surface area contributed by atoms with Gasteiger partial charge in [0.2, 0.25) is 0 Å². The fraction of sp³-hybridized carbons (Fsp3) is 0.667. The third-order valence-corrected chi connectivity index (χ3v) is 3.33. The van der Waals surface area contributed by atoms with Crippen LogP contribution in [0.15, 0.2) is 0 Å². The van der Waals surface area contributed by atoms with Crippen LogP contribution < -0.4 is 5.90 Å². The van der Waals surface area contributed by atoms with E-state index in [1.165, 1.54) is 0 Å². The van der Waals surface area contributed by atoms with Crippen LogP contribution in [0.2, 0.25) is 5.15 Å². The summed E-state index contributed by atoms with van der Waals surface area (Å²) in [5.41, 5.74) is 2.11. The van der Waals surface area contributed by atoms with Crippen molar-refractivity contribution in [2.45, 2.75) is 25.2 Å². The number of halogens is 1. The van der Waals surface area contributed by atoms with Gasteiger partial charge in [-0.2, -0.15) is 5.10 Å². The maximum Gasteiger partial charge on any atom is 0.130 e. The second-order valence-corrected chi connectivity index (χ2v) is 4.32. The van der Waals surface area contributed by atoms with Gasteiger partial charge in [-0.25, -0.2) is 5.90 Å². The minimum Gasteiger partial charge on any atom is -0.304 e. The van der Waals surface area contributed by atoms with E-state index in [0.29, 0.717) is 11.8 Å². The van der Waals surface area contributed by atoms with Crippen molar-refractivity contribution in [3.63, 3.8) is 0 Å². The van der Waals surface area contributed by atoms with Crippen LogP contribution in [0.1, 0.15) is 24.1 Å². The Hall–Kier alpha value is -0.580. The molecule has 1 aromatic rings. The van der Waals surface area contributed by atoms with Gasteiger partial charge in [0.05, 0.1) is 12.3 Å². The minimum atomic E-state index is 0.0319. The summed E-state index contributed by atoms with van der Waals surface area (Å²) in [5, 5.41) is 4.99. The van der Waals surface area contributed by atoms with E-state index >= 15 is 0 Å². The van der Waals surface area contributed by atoms with Crippen molar-refractivity contribution < 1.29 is 4.84 Å². The average molecular weight is 216 g/mol. The Kier molecular flexibility index (Phi) is 2.29. The topological polar surface area (TPSA) is 53.1 Å². The number of aromatic nitrogens is 2. The molecular formula is C9H14ClN3O. The highest BCUT2D eigenvalue weighted by atomic mass is 35.5. The van der Waals surface area contributed by atoms with Crippen LogP contribution in [0, 0.1) is 6.92 Å². The van der Waals surface area contributed by atoms with Gasteiger partial charge in [-0.15, -0.1) is 0 Å². The Balaban J connectivity index is 2.40. The monoisotopic (exact) mass is 215 g/mol. The van der Waals surface area contributed by atoms with Gasteiger partial charge >= 0.3 is 0 Å². The number of hydrogen-bond donors (Lipinski definition) is 1. The predicted octanol–water partition coefficient (Wildman–Crippen LogP) is 1.30. The van der Waals surface area contributed by atoms with Crippen molar-refractivity contribution in [3.8, 4) is 0 Å². The third kappa shape index (κ3) is 1.34. The van der Waals surface area contributed by atoms with Crippen molar-refractivity contribution in [2.24, 2.45) is 12.9 Å². The summed E-state index contributed by atoms with van der Waals surface area (Å²) in [7, 11) is 1.85. The van der Waals surface area contributed by atoms with Crippen molar-refractivity contribution in [2.75, 3.05) is 6.61 Å². The predicted molar refractivity (Wildman–Crippen MR) is 54.0 cm³/mol. The van der Waals surface area contributed by atoms with Crippen LogP contribution in [0.3, 0.4) is 0 Å². The lowest BCUT2D eigenvalue weighted by atomic mass is 9.98. The van der Waals surface area contributed by atoms with Crippen LogP contribution in [0.25, 0.3) is 0 Å². The second-order valence-electron chi connectivity index (χ2n) is 3.97. The standard InChI is InChI=1S/C9H14ClN3O/c1-6-7(8(10)13(2)12-6)9(3-4-9)5-14-11/h3-5,11H2,1-2H3. The smallest absolute Gasteiger partial charge is 0.130 e. The highest BCUT2D eigenvalue weighted by Gasteiger charge is 2.48. The first-order chi connectivity index (χ1) is 6.60. The van der Waals surface area contributed by atoms with Gasteiger partial charge in [0.1, 0.15) is 5.15 Å². The molecule has 2 rings (SSSR count). The van der Waals surface area contributed by atoms with Gasteiger partial charge in [-0.05, 0) is 19.8 Å². The van der Waals surface area contributed by atoms with Crippen molar-refractivity contribution in [1.82, 2.24) is 9.78 Å². The largest absolute Gasteiger partial charge is 0.304 e. The van der Waals surface area contributed by atoms with E-state index in [2.05, 4.69) is 5.10 Å². The molecule has 0 aliphatic heterocycles. The molecule has 5 heteroatoms. The Labute approximate surface area is 87.9 Å². The first kappa shape index (κ1) is 9.96. The van der Waals surface area contributed by atoms with Gasteiger partial charge < -0.3 is 4.84 Å². The molecule has 0 bridgehead atoms. The Bertz CT molecular complexity index is 357. The van der Waals surface area contributed by atoms with Crippen molar-refractivity contribution >= 4 is 11.6 Å². The van der Waals surface area contributed by atoms with E-state index in [1.54, 1.807) is 4.68 Å². The molecule has 1 aromatic heterocycles. The SMILES string of the molecule is Cc1nn(C)c(Cl)c1C1(CON)CC1. The Morgan fingerprint density at radius 1 is 1.64 bits per heavy atom. The lowest BCUT2D eigenvalue weighted by molar-refractivity contribution is 0.116. The first-order valence-electron chi connectivity index (χ1n) is 4.62. The van der Waals surface area contributed by atoms with Gasteiger partial charge in [-0.1, -0.05) is 11.6 Å². The van der Waals surface area contributed by atoms with Crippen molar-refractivity contribution in [3.05, 3.63) is 16.4 Å². The summed E-state index contributed by atoms with van der Waals surface area (Å²) < 4.78 is 1.70. The van der Waals surface area contributed by atoms with Gasteiger partial charge in [0.15, 0.2) is 0 Å². The van der Waals surface area contributed by atoms with Gasteiger partial charge in [0, 0.05) is 18.0 Å². The zero-order chi connectivity index (χ0) is 10.3. The normalized spacial score (nSPS) is 18.6. The molecule has 14 heavy (non-hydrogen) atoms. The summed E-state index contributed by atoms with van der Waals surface area (Å²) in [6.45, 7) is 2.50. The number of nitrogens with zero attached hydrogens (tertiary/aromatic N) is 2. The first-order valence-corrected chi connectivity index (χ1v) is 5.00. The molecule has 0 aromatic carbocycles. The van der Waals surface area contributed by atoms with Gasteiger partial charge in [0.25, 0.3) is 0 Å². The van der Waals surface area contributed by atoms with Gasteiger partial charge in [-0.3, -0.25) is 4.68 Å². The molecule has 4 nitrogen and oxygen atoms in total. The maximum absolute atomic E-state index is 6.18. The lowest BCUT2D eigenvalue weighted by Gasteiger charge is -2.13. The summed E-state index contributed by atoms with van der Waals surface area (Å²) in [6, 6.07) is 0. The highest BCUT2D eigenvalue weighted by Crippen LogP contribution is 2.51. The van der Waals surface area contributed by atoms with Crippen LogP contribution >= 0.6 is 11.6 Å². The Morgan fingerprint density at radius 3 is 2.64 bits per heavy atom. The maximum atomic E-state index is 6.18. The fourth-order valence-corrected chi connectivity index (χ4v) is 2.38. The molecule has 1 fully saturated rings. The van der Waals surface area contributed by atoms with Crippen LogP contribution in [0.4, 0.5) is 0 Å². The van der Waals surface area contributed by atoms with E-state index in [4.69, 9.17) is 22.3 Å². The number of nitrogens with two attached hydrogens (primary N) is 1. The zero-order valence-corrected chi connectivity index (χ0v) is 9.14. The summed E-state index contributed by atoms with van der Waals surface area (Å²) >= 11 is 6.18. The molecule has 2 N–H and O–H groups in total. The number of aryl methyl sites for hydroxylation is 2. The van der Waals surface area contributed by atoms with E-state index in [-0.39, 0.29) is 5.41 Å². The molecule has 0 radical (unpaired) electrons. The molecule has 1 saturated carbocycles. The van der Waals surface area contributed by atoms with E-state index in [0.717, 1.165) is 24.1 Å². The summed E-state index contributed by atoms with van der Waals surface area (Å²) in [5.74, 6) is 5.13. The number of hydrogen-bond acceptors (Lipinski definition) is 3. The van der Waals surface area contributed by atoms with Crippen LogP contribution in [-0.2, 0) is 17.3 Å². The molecule has 78 valence electrons. The highest BCUT2D eigenvalue weighted by molar-refractivity contribution is 6.30. The molecular weight excluding hydrogens is 202 g/mol. The number of rotatable bonds is 3. The molecule has 1 heterocycles. The summed E-state index contributed by atoms with van der Waals surface area (Å²) in [4.78, 5) is 4.75. The van der Waals surface area contributed by atoms with E-state index < -0.39 is 0 Å². The molecule has 0 amide bonds. The van der Waals surface area contributed by atoms with Crippen molar-refractivity contribution in [1.29, 1.82) is 0 Å². The zero-order valence-electron chi connectivity index (χ0n) is 8.38. The van der Waals surface area contributed by atoms with Crippen LogP contribution in [0.5, 0.6) is 0 Å². The fourth-order valence-electron chi connectivity index (χ4n) is 2.01. The minimum absolute atomic E-state index is 0.0319. The van der Waals surface area contributed by atoms with E-state index in [1.807, 2.05) is 14.0 Å². The quantitative estimate of drug-likeness (QED) is 0.774. The molecule has 1 aliphatic rings. The average Bonchev–Trinajstić information content (AvgIpc) is 2.80. The van der Waals surface area contributed by atoms with Crippen LogP contribution in [-0.4, -0.2) is 16.4 Å². The van der Waals surface area contributed by atoms with E-state index in [9.17, 15) is 0 Å². The molecule has 0 spiro atoms. The lowest BCUT2D eigenvalue weighted by Crippen LogP contribution is -2.19. The third-order valence-electron chi connectivity index (χ3n) is 2.90. The molecule has 0 atom stereocenters. The molecule has 1 aliphatic carbocycles. The molecule has 0 unspecified atom stereocenters. The molecule has 0 saturated heterocycles. The Morgan fingerprint density at radius 2 is 2.29 bits per heavy atom. The summed E-state index contributed by atoms with van der Waals surface area (Å²) in [6.07, 6.45) is 2.16. The second kappa shape index (κ2) is 3.22.